The number of methoxy groups -OCH3 is 1. The summed E-state index contributed by atoms with van der Waals surface area (Å²) in [6.45, 7) is 2.07. The molecule has 7 nitrogen and oxygen atoms in total. The first-order valence-electron chi connectivity index (χ1n) is 11.0. The molecule has 3 aromatic carbocycles. The van der Waals surface area contributed by atoms with Gasteiger partial charge in [-0.25, -0.2) is 4.79 Å². The molecule has 1 fully saturated rings. The largest absolute Gasteiger partial charge is 0.489 e. The highest BCUT2D eigenvalue weighted by atomic mass is 32.2. The number of carboxylic acid groups (broad SMARTS) is 1. The van der Waals surface area contributed by atoms with Crippen molar-refractivity contribution in [2.24, 2.45) is 0 Å². The van der Waals surface area contributed by atoms with Gasteiger partial charge in [-0.2, -0.15) is 0 Å². The van der Waals surface area contributed by atoms with E-state index in [1.165, 1.54) is 18.9 Å². The van der Waals surface area contributed by atoms with E-state index in [-0.39, 0.29) is 12.3 Å². The summed E-state index contributed by atoms with van der Waals surface area (Å²) in [7, 11) is 1.29. The number of hydrogen-bond acceptors (Lipinski definition) is 6. The number of carbonyl (C=O) groups is 3. The highest BCUT2D eigenvalue weighted by Gasteiger charge is 2.51. The van der Waals surface area contributed by atoms with Crippen LogP contribution in [0.1, 0.15) is 40.2 Å². The fourth-order valence-electron chi connectivity index (χ4n) is 3.96. The van der Waals surface area contributed by atoms with Crippen LogP contribution in [-0.4, -0.2) is 34.8 Å². The second-order valence-corrected chi connectivity index (χ2v) is 9.92. The summed E-state index contributed by atoms with van der Waals surface area (Å²) in [5.41, 5.74) is 2.66. The molecule has 0 saturated carbocycles. The number of hydrogen-bond donors (Lipinski definition) is 1. The summed E-state index contributed by atoms with van der Waals surface area (Å²) in [6, 6.07) is 23.8. The summed E-state index contributed by atoms with van der Waals surface area (Å²) >= 11 is 1.28. The van der Waals surface area contributed by atoms with E-state index in [2.05, 4.69) is 0 Å². The van der Waals surface area contributed by atoms with Crippen LogP contribution in [0.4, 0.5) is 5.69 Å². The van der Waals surface area contributed by atoms with Crippen molar-refractivity contribution in [1.82, 2.24) is 0 Å². The second-order valence-electron chi connectivity index (χ2n) is 8.33. The summed E-state index contributed by atoms with van der Waals surface area (Å²) in [5, 5.41) is 8.96. The van der Waals surface area contributed by atoms with Crippen LogP contribution in [0.2, 0.25) is 0 Å². The monoisotopic (exact) mass is 491 g/mol. The Balaban J connectivity index is 1.63. The number of carboxylic acids is 1. The van der Waals surface area contributed by atoms with Gasteiger partial charge in [0.15, 0.2) is 0 Å². The maximum absolute atomic E-state index is 13.5. The number of amides is 1. The maximum Gasteiger partial charge on any atom is 0.337 e. The normalized spacial score (nSPS) is 19.4. The van der Waals surface area contributed by atoms with Crippen molar-refractivity contribution in [2.75, 3.05) is 12.0 Å². The minimum atomic E-state index is -1.17. The first-order valence-corrected chi connectivity index (χ1v) is 11.9. The Morgan fingerprint density at radius 2 is 1.74 bits per heavy atom. The Hall–Kier alpha value is -3.78. The molecule has 0 aliphatic carbocycles. The Morgan fingerprint density at radius 3 is 2.40 bits per heavy atom. The molecule has 0 radical (unpaired) electrons. The second kappa shape index (κ2) is 10.2. The topological polar surface area (TPSA) is 93.1 Å². The number of anilines is 1. The van der Waals surface area contributed by atoms with E-state index in [0.29, 0.717) is 23.6 Å². The molecular formula is C27H25NO6S. The molecule has 4 rings (SSSR count). The highest BCUT2D eigenvalue weighted by molar-refractivity contribution is 8.02. The molecule has 2 atom stereocenters. The predicted octanol–water partition coefficient (Wildman–Crippen LogP) is 5.06. The number of carbonyl (C=O) groups excluding carboxylic acids is 2. The maximum atomic E-state index is 13.5. The van der Waals surface area contributed by atoms with Gasteiger partial charge in [-0.15, -0.1) is 11.8 Å². The standard InChI is InChI=1S/C27H25NO6S/c1-27(16-23(29)30)26(32)28(21-10-6-9-20(15-21)25(31)33-2)24(35-27)19-11-13-22(14-12-19)34-17-18-7-4-3-5-8-18/h3-15,24H,16-17H2,1-2H3,(H,29,30)/t24-,27+/m0/s1. The number of benzene rings is 3. The van der Waals surface area contributed by atoms with E-state index in [0.717, 1.165) is 11.1 Å². The van der Waals surface area contributed by atoms with Gasteiger partial charge in [0.1, 0.15) is 22.5 Å². The van der Waals surface area contributed by atoms with Crippen LogP contribution in [0, 0.1) is 0 Å². The molecule has 1 aliphatic rings. The average molecular weight is 492 g/mol. The third-order valence-corrected chi connectivity index (χ3v) is 7.27. The molecule has 1 saturated heterocycles. The molecule has 1 aliphatic heterocycles. The zero-order chi connectivity index (χ0) is 25.0. The van der Waals surface area contributed by atoms with Crippen molar-refractivity contribution < 1.29 is 29.0 Å². The van der Waals surface area contributed by atoms with Crippen molar-refractivity contribution in [3.63, 3.8) is 0 Å². The number of nitrogens with zero attached hydrogens (tertiary/aromatic N) is 1. The van der Waals surface area contributed by atoms with E-state index >= 15 is 0 Å². The zero-order valence-electron chi connectivity index (χ0n) is 19.3. The molecule has 1 amide bonds. The van der Waals surface area contributed by atoms with Crippen LogP contribution in [0.3, 0.4) is 0 Å². The van der Waals surface area contributed by atoms with E-state index in [1.54, 1.807) is 36.1 Å². The van der Waals surface area contributed by atoms with Gasteiger partial charge in [-0.05, 0) is 48.4 Å². The summed E-state index contributed by atoms with van der Waals surface area (Å²) < 4.78 is 9.52. The van der Waals surface area contributed by atoms with Crippen molar-refractivity contribution in [3.05, 3.63) is 95.6 Å². The molecule has 180 valence electrons. The average Bonchev–Trinajstić information content (AvgIpc) is 3.12. The number of esters is 1. The molecule has 0 bridgehead atoms. The summed E-state index contributed by atoms with van der Waals surface area (Å²) in [4.78, 5) is 38.7. The van der Waals surface area contributed by atoms with Gasteiger partial charge >= 0.3 is 11.9 Å². The molecule has 1 heterocycles. The Morgan fingerprint density at radius 1 is 1.03 bits per heavy atom. The smallest absolute Gasteiger partial charge is 0.337 e. The Bertz CT molecular complexity index is 1230. The third-order valence-electron chi connectivity index (χ3n) is 5.73. The van der Waals surface area contributed by atoms with E-state index < -0.39 is 22.1 Å². The molecule has 0 spiro atoms. The first-order chi connectivity index (χ1) is 16.8. The molecule has 0 aromatic heterocycles. The lowest BCUT2D eigenvalue weighted by Gasteiger charge is -2.25. The molecule has 35 heavy (non-hydrogen) atoms. The van der Waals surface area contributed by atoms with Gasteiger partial charge in [0.25, 0.3) is 0 Å². The molecule has 3 aromatic rings. The van der Waals surface area contributed by atoms with E-state index in [9.17, 15) is 19.5 Å². The summed E-state index contributed by atoms with van der Waals surface area (Å²) in [6.07, 6.45) is -0.321. The minimum Gasteiger partial charge on any atom is -0.489 e. The van der Waals surface area contributed by atoms with Crippen molar-refractivity contribution in [3.8, 4) is 5.75 Å². The van der Waals surface area contributed by atoms with Crippen molar-refractivity contribution in [1.29, 1.82) is 0 Å². The van der Waals surface area contributed by atoms with Gasteiger partial charge < -0.3 is 14.6 Å². The van der Waals surface area contributed by atoms with Crippen molar-refractivity contribution >= 4 is 35.3 Å². The van der Waals surface area contributed by atoms with Crippen LogP contribution < -0.4 is 9.64 Å². The van der Waals surface area contributed by atoms with Crippen LogP contribution >= 0.6 is 11.8 Å². The molecule has 8 heteroatoms. The highest BCUT2D eigenvalue weighted by Crippen LogP contribution is 2.52. The van der Waals surface area contributed by atoms with E-state index in [1.807, 2.05) is 54.6 Å². The van der Waals surface area contributed by atoms with Crippen LogP contribution in [-0.2, 0) is 20.9 Å². The number of rotatable bonds is 8. The van der Waals surface area contributed by atoms with Gasteiger partial charge in [-0.1, -0.05) is 48.5 Å². The van der Waals surface area contributed by atoms with Gasteiger partial charge in [0.2, 0.25) is 5.91 Å². The fourth-order valence-corrected chi connectivity index (χ4v) is 5.47. The first kappa shape index (κ1) is 24.3. The predicted molar refractivity (Wildman–Crippen MR) is 133 cm³/mol. The lowest BCUT2D eigenvalue weighted by atomic mass is 10.0. The lowest BCUT2D eigenvalue weighted by Crippen LogP contribution is -2.38. The van der Waals surface area contributed by atoms with Crippen molar-refractivity contribution in [2.45, 2.75) is 30.1 Å². The quantitative estimate of drug-likeness (QED) is 0.440. The van der Waals surface area contributed by atoms with E-state index in [4.69, 9.17) is 9.47 Å². The van der Waals surface area contributed by atoms with Gasteiger partial charge in [0, 0.05) is 5.69 Å². The van der Waals surface area contributed by atoms with Gasteiger partial charge in [-0.3, -0.25) is 14.5 Å². The van der Waals surface area contributed by atoms with Gasteiger partial charge in [0.05, 0.1) is 19.1 Å². The summed E-state index contributed by atoms with van der Waals surface area (Å²) in [5.74, 6) is -1.22. The molecular weight excluding hydrogens is 466 g/mol. The van der Waals surface area contributed by atoms with Crippen LogP contribution in [0.25, 0.3) is 0 Å². The Kier molecular flexibility index (Phi) is 7.12. The SMILES string of the molecule is COC(=O)c1cccc(N2C(=O)[C@@](C)(CC(=O)O)S[C@H]2c2ccc(OCc3ccccc3)cc2)c1. The Labute approximate surface area is 207 Å². The van der Waals surface area contributed by atoms with Crippen LogP contribution in [0.15, 0.2) is 78.9 Å². The molecule has 1 N–H and O–H groups in total. The minimum absolute atomic E-state index is 0.304. The number of thioether (sulfide) groups is 1. The number of aliphatic carboxylic acids is 1. The lowest BCUT2D eigenvalue weighted by molar-refractivity contribution is -0.139. The van der Waals surface area contributed by atoms with Crippen LogP contribution in [0.5, 0.6) is 5.75 Å². The third kappa shape index (κ3) is 5.33. The number of ether oxygens (including phenoxy) is 2. The zero-order valence-corrected chi connectivity index (χ0v) is 20.2. The fraction of sp³-hybridized carbons (Fsp3) is 0.222. The molecule has 0 unspecified atom stereocenters.